The lowest BCUT2D eigenvalue weighted by molar-refractivity contribution is -0.153. The highest BCUT2D eigenvalue weighted by atomic mass is 35.5. The van der Waals surface area contributed by atoms with Crippen molar-refractivity contribution in [2.45, 2.75) is 37.6 Å². The van der Waals surface area contributed by atoms with E-state index in [0.717, 1.165) is 22.9 Å². The minimum atomic E-state index is -0.716. The van der Waals surface area contributed by atoms with Crippen LogP contribution in [-0.2, 0) is 21.5 Å². The molecule has 1 heterocycles. The molecule has 0 spiro atoms. The number of halogens is 1. The van der Waals surface area contributed by atoms with Gasteiger partial charge in [0.25, 0.3) is 0 Å². The van der Waals surface area contributed by atoms with Gasteiger partial charge in [-0.15, -0.1) is 0 Å². The first-order valence-electron chi connectivity index (χ1n) is 9.96. The molecule has 0 atom stereocenters. The highest BCUT2D eigenvalue weighted by molar-refractivity contribution is 6.30. The van der Waals surface area contributed by atoms with E-state index in [1.807, 2.05) is 41.0 Å². The summed E-state index contributed by atoms with van der Waals surface area (Å²) in [5.41, 5.74) is 1.51. The van der Waals surface area contributed by atoms with Crippen LogP contribution in [0.2, 0.25) is 5.02 Å². The number of carbonyl (C=O) groups excluding carboxylic acids is 2. The minimum absolute atomic E-state index is 0.254. The van der Waals surface area contributed by atoms with E-state index in [1.165, 1.54) is 0 Å². The third-order valence-corrected chi connectivity index (χ3v) is 6.10. The highest BCUT2D eigenvalue weighted by Crippen LogP contribution is 2.45. The number of rotatable bonds is 7. The maximum Gasteiger partial charge on any atom is 0.317 e. The van der Waals surface area contributed by atoms with Crippen LogP contribution in [0.4, 0.5) is 0 Å². The Hall–Kier alpha value is -3.10. The van der Waals surface area contributed by atoms with Gasteiger partial charge in [-0.1, -0.05) is 48.4 Å². The minimum Gasteiger partial charge on any atom is -0.457 e. The average molecular weight is 421 g/mol. The molecule has 1 aromatic heterocycles. The quantitative estimate of drug-likeness (QED) is 0.395. The number of Topliss-reactive ketones (excluding diaryl/α,β-unsaturated/α-hetero) is 1. The number of nitriles is 1. The van der Waals surface area contributed by atoms with Crippen molar-refractivity contribution >= 4 is 34.3 Å². The summed E-state index contributed by atoms with van der Waals surface area (Å²) in [5.74, 6) is -0.631. The molecule has 1 aliphatic carbocycles. The molecule has 5 nitrogen and oxygen atoms in total. The Morgan fingerprint density at radius 2 is 1.97 bits per heavy atom. The van der Waals surface area contributed by atoms with Gasteiger partial charge < -0.3 is 9.30 Å². The molecule has 1 aliphatic rings. The van der Waals surface area contributed by atoms with Gasteiger partial charge in [-0.3, -0.25) is 9.59 Å². The molecule has 1 saturated carbocycles. The zero-order valence-electron chi connectivity index (χ0n) is 16.4. The SMILES string of the molecule is N#CCCn1cc(C(=O)COC(=O)C2(c3cccc(Cl)c3)CCC2)c2ccccc21. The number of hydrogen-bond donors (Lipinski definition) is 0. The molecular formula is C24H21ClN2O3. The summed E-state index contributed by atoms with van der Waals surface area (Å²) in [5, 5.41) is 10.3. The lowest BCUT2D eigenvalue weighted by Gasteiger charge is -2.39. The summed E-state index contributed by atoms with van der Waals surface area (Å²) >= 11 is 6.11. The molecule has 1 fully saturated rings. The average Bonchev–Trinajstić information content (AvgIpc) is 3.08. The Balaban J connectivity index is 1.52. The van der Waals surface area contributed by atoms with Crippen molar-refractivity contribution in [1.82, 2.24) is 4.57 Å². The standard InChI is InChI=1S/C24H21ClN2O3/c25-18-7-3-6-17(14-18)24(10-4-11-24)23(29)30-16-22(28)20-15-27(13-5-12-26)21-9-2-1-8-19(20)21/h1-3,6-9,14-15H,4-5,10-11,13,16H2. The maximum absolute atomic E-state index is 12.9. The van der Waals surface area contributed by atoms with Crippen LogP contribution in [0.25, 0.3) is 10.9 Å². The molecule has 0 amide bonds. The Kier molecular flexibility index (Phi) is 5.61. The van der Waals surface area contributed by atoms with Crippen LogP contribution >= 0.6 is 11.6 Å². The Morgan fingerprint density at radius 3 is 2.67 bits per heavy atom. The largest absolute Gasteiger partial charge is 0.457 e. The van der Waals surface area contributed by atoms with Gasteiger partial charge in [-0.05, 0) is 36.6 Å². The summed E-state index contributed by atoms with van der Waals surface area (Å²) in [6, 6.07) is 16.9. The Bertz CT molecular complexity index is 1150. The van der Waals surface area contributed by atoms with Crippen LogP contribution in [-0.4, -0.2) is 22.9 Å². The monoisotopic (exact) mass is 420 g/mol. The molecular weight excluding hydrogens is 400 g/mol. The normalized spacial score (nSPS) is 14.7. The van der Waals surface area contributed by atoms with Gasteiger partial charge in [-0.25, -0.2) is 0 Å². The first kappa shape index (κ1) is 20.2. The van der Waals surface area contributed by atoms with E-state index in [0.29, 0.717) is 36.4 Å². The number of carbonyl (C=O) groups is 2. The second-order valence-corrected chi connectivity index (χ2v) is 8.04. The van der Waals surface area contributed by atoms with E-state index in [1.54, 1.807) is 18.3 Å². The fourth-order valence-corrected chi connectivity index (χ4v) is 4.29. The number of nitrogens with zero attached hydrogens (tertiary/aromatic N) is 2. The van der Waals surface area contributed by atoms with Gasteiger partial charge in [0.15, 0.2) is 6.61 Å². The predicted octanol–water partition coefficient (Wildman–Crippen LogP) is 5.06. The van der Waals surface area contributed by atoms with Crippen LogP contribution in [0.3, 0.4) is 0 Å². The molecule has 30 heavy (non-hydrogen) atoms. The molecule has 0 saturated heterocycles. The molecule has 3 aromatic rings. The molecule has 6 heteroatoms. The molecule has 0 aliphatic heterocycles. The van der Waals surface area contributed by atoms with E-state index in [-0.39, 0.29) is 18.4 Å². The Morgan fingerprint density at radius 1 is 1.17 bits per heavy atom. The molecule has 0 bridgehead atoms. The Labute approximate surface area is 179 Å². The highest BCUT2D eigenvalue weighted by Gasteiger charge is 2.47. The van der Waals surface area contributed by atoms with E-state index in [2.05, 4.69) is 6.07 Å². The molecule has 0 radical (unpaired) electrons. The first-order valence-corrected chi connectivity index (χ1v) is 10.3. The molecule has 0 unspecified atom stereocenters. The van der Waals surface area contributed by atoms with Crippen molar-refractivity contribution in [1.29, 1.82) is 5.26 Å². The molecule has 0 N–H and O–H groups in total. The first-order chi connectivity index (χ1) is 14.5. The van der Waals surface area contributed by atoms with Gasteiger partial charge in [0.1, 0.15) is 0 Å². The zero-order valence-corrected chi connectivity index (χ0v) is 17.2. The van der Waals surface area contributed by atoms with Crippen LogP contribution in [0.1, 0.15) is 41.6 Å². The third-order valence-electron chi connectivity index (χ3n) is 5.86. The summed E-state index contributed by atoms with van der Waals surface area (Å²) in [6.07, 6.45) is 4.40. The van der Waals surface area contributed by atoms with Crippen molar-refractivity contribution < 1.29 is 14.3 Å². The fourth-order valence-electron chi connectivity index (χ4n) is 4.10. The van der Waals surface area contributed by atoms with Crippen LogP contribution in [0.5, 0.6) is 0 Å². The van der Waals surface area contributed by atoms with Crippen molar-refractivity contribution in [2.75, 3.05) is 6.61 Å². The lowest BCUT2D eigenvalue weighted by atomic mass is 9.64. The predicted molar refractivity (Wildman–Crippen MR) is 114 cm³/mol. The second kappa shape index (κ2) is 8.33. The number of para-hydroxylation sites is 1. The van der Waals surface area contributed by atoms with Crippen LogP contribution in [0, 0.1) is 11.3 Å². The third kappa shape index (κ3) is 3.59. The number of ether oxygens (including phenoxy) is 1. The summed E-state index contributed by atoms with van der Waals surface area (Å²) in [4.78, 5) is 25.8. The van der Waals surface area contributed by atoms with Gasteiger partial charge >= 0.3 is 5.97 Å². The van der Waals surface area contributed by atoms with E-state index in [4.69, 9.17) is 21.6 Å². The summed E-state index contributed by atoms with van der Waals surface area (Å²) in [6.45, 7) is 0.190. The van der Waals surface area contributed by atoms with Gasteiger partial charge in [0.2, 0.25) is 5.78 Å². The number of aromatic nitrogens is 1. The molecule has 152 valence electrons. The summed E-state index contributed by atoms with van der Waals surface area (Å²) < 4.78 is 7.40. The van der Waals surface area contributed by atoms with E-state index < -0.39 is 5.41 Å². The number of ketones is 1. The van der Waals surface area contributed by atoms with Crippen molar-refractivity contribution in [2.24, 2.45) is 0 Å². The smallest absolute Gasteiger partial charge is 0.317 e. The number of benzene rings is 2. The topological polar surface area (TPSA) is 72.1 Å². The van der Waals surface area contributed by atoms with E-state index in [9.17, 15) is 9.59 Å². The van der Waals surface area contributed by atoms with Crippen molar-refractivity contribution in [3.63, 3.8) is 0 Å². The van der Waals surface area contributed by atoms with Gasteiger partial charge in [-0.2, -0.15) is 5.26 Å². The van der Waals surface area contributed by atoms with Crippen molar-refractivity contribution in [3.05, 3.63) is 70.9 Å². The second-order valence-electron chi connectivity index (χ2n) is 7.61. The van der Waals surface area contributed by atoms with Crippen LogP contribution < -0.4 is 0 Å². The number of aryl methyl sites for hydroxylation is 1. The lowest BCUT2D eigenvalue weighted by Crippen LogP contribution is -2.44. The number of esters is 1. The summed E-state index contributed by atoms with van der Waals surface area (Å²) in [7, 11) is 0. The van der Waals surface area contributed by atoms with Crippen molar-refractivity contribution in [3.8, 4) is 6.07 Å². The molecule has 4 rings (SSSR count). The zero-order chi connectivity index (χ0) is 21.1. The van der Waals surface area contributed by atoms with E-state index >= 15 is 0 Å². The van der Waals surface area contributed by atoms with Gasteiger partial charge in [0.05, 0.1) is 17.9 Å². The number of fused-ring (bicyclic) bond motifs is 1. The maximum atomic E-state index is 12.9. The fraction of sp³-hybridized carbons (Fsp3) is 0.292. The number of hydrogen-bond acceptors (Lipinski definition) is 4. The molecule has 2 aromatic carbocycles. The van der Waals surface area contributed by atoms with Crippen LogP contribution in [0.15, 0.2) is 54.7 Å². The van der Waals surface area contributed by atoms with Gasteiger partial charge in [0, 0.05) is 34.2 Å².